The van der Waals surface area contributed by atoms with Crippen molar-refractivity contribution in [2.24, 2.45) is 0 Å². The average Bonchev–Trinajstić information content (AvgIpc) is 2.73. The third-order valence-electron chi connectivity index (χ3n) is 2.16. The van der Waals surface area contributed by atoms with E-state index >= 15 is 0 Å². The quantitative estimate of drug-likeness (QED) is 0.772. The van der Waals surface area contributed by atoms with Crippen molar-refractivity contribution in [2.75, 3.05) is 11.1 Å². The number of aromatic nitrogens is 2. The van der Waals surface area contributed by atoms with Crippen LogP contribution in [0, 0.1) is 18.3 Å². The summed E-state index contributed by atoms with van der Waals surface area (Å²) in [6.07, 6.45) is 0. The van der Waals surface area contributed by atoms with Gasteiger partial charge in [0.2, 0.25) is 5.89 Å². The summed E-state index contributed by atoms with van der Waals surface area (Å²) >= 11 is 0. The lowest BCUT2D eigenvalue weighted by Crippen LogP contribution is -2.02. The molecule has 3 N–H and O–H groups in total. The van der Waals surface area contributed by atoms with E-state index < -0.39 is 0 Å². The fourth-order valence-electron chi connectivity index (χ4n) is 1.39. The third-order valence-corrected chi connectivity index (χ3v) is 2.16. The number of nitrogens with one attached hydrogen (secondary N) is 1. The van der Waals surface area contributed by atoms with Crippen molar-refractivity contribution in [1.82, 2.24) is 10.1 Å². The summed E-state index contributed by atoms with van der Waals surface area (Å²) in [6, 6.07) is 7.15. The van der Waals surface area contributed by atoms with Gasteiger partial charge >= 0.3 is 0 Å². The van der Waals surface area contributed by atoms with Crippen molar-refractivity contribution in [2.45, 2.75) is 13.5 Å². The molecule has 1 aromatic heterocycles. The summed E-state index contributed by atoms with van der Waals surface area (Å²) in [6.45, 7) is 2.12. The molecule has 0 fully saturated rings. The SMILES string of the molecule is Cc1noc(CNc2ccc(N)cc2C#N)n1. The van der Waals surface area contributed by atoms with Crippen molar-refractivity contribution in [1.29, 1.82) is 5.26 Å². The predicted octanol–water partition coefficient (Wildman–Crippen LogP) is 1.44. The molecule has 0 radical (unpaired) electrons. The molecule has 1 aromatic carbocycles. The molecular weight excluding hydrogens is 218 g/mol. The maximum atomic E-state index is 8.95. The molecule has 2 rings (SSSR count). The largest absolute Gasteiger partial charge is 0.399 e. The van der Waals surface area contributed by atoms with E-state index in [0.29, 0.717) is 35.2 Å². The molecule has 0 bridgehead atoms. The summed E-state index contributed by atoms with van der Waals surface area (Å²) in [7, 11) is 0. The lowest BCUT2D eigenvalue weighted by atomic mass is 10.1. The van der Waals surface area contributed by atoms with E-state index in [4.69, 9.17) is 15.5 Å². The smallest absolute Gasteiger partial charge is 0.245 e. The number of rotatable bonds is 3. The molecule has 0 atom stereocenters. The monoisotopic (exact) mass is 229 g/mol. The molecule has 6 heteroatoms. The standard InChI is InChI=1S/C11H11N5O/c1-7-15-11(17-16-7)6-14-10-3-2-9(13)4-8(10)5-12/h2-4,14H,6,13H2,1H3. The van der Waals surface area contributed by atoms with Gasteiger partial charge in [-0.25, -0.2) is 0 Å². The Balaban J connectivity index is 2.12. The number of hydrogen-bond donors (Lipinski definition) is 2. The van der Waals surface area contributed by atoms with Crippen molar-refractivity contribution in [3.8, 4) is 6.07 Å². The van der Waals surface area contributed by atoms with Crippen molar-refractivity contribution < 1.29 is 4.52 Å². The summed E-state index contributed by atoms with van der Waals surface area (Å²) in [5.74, 6) is 1.06. The van der Waals surface area contributed by atoms with Gasteiger partial charge in [0, 0.05) is 5.69 Å². The molecule has 0 unspecified atom stereocenters. The molecule has 2 aromatic rings. The Morgan fingerprint density at radius 1 is 1.53 bits per heavy atom. The lowest BCUT2D eigenvalue weighted by molar-refractivity contribution is 0.379. The molecule has 0 aliphatic heterocycles. The Morgan fingerprint density at radius 3 is 3.00 bits per heavy atom. The van der Waals surface area contributed by atoms with Crippen LogP contribution in [0.15, 0.2) is 22.7 Å². The Morgan fingerprint density at radius 2 is 2.35 bits per heavy atom. The van der Waals surface area contributed by atoms with E-state index in [1.807, 2.05) is 0 Å². The van der Waals surface area contributed by atoms with Crippen LogP contribution in [0.25, 0.3) is 0 Å². The van der Waals surface area contributed by atoms with Gasteiger partial charge in [-0.3, -0.25) is 0 Å². The fraction of sp³-hybridized carbons (Fsp3) is 0.182. The van der Waals surface area contributed by atoms with Gasteiger partial charge in [0.1, 0.15) is 6.07 Å². The number of nitriles is 1. The molecule has 0 saturated heterocycles. The Bertz CT molecular complexity index is 569. The molecule has 86 valence electrons. The summed E-state index contributed by atoms with van der Waals surface area (Å²) in [4.78, 5) is 4.05. The molecule has 6 nitrogen and oxygen atoms in total. The first-order valence-electron chi connectivity index (χ1n) is 5.01. The van der Waals surface area contributed by atoms with Crippen LogP contribution in [0.5, 0.6) is 0 Å². The van der Waals surface area contributed by atoms with E-state index in [2.05, 4.69) is 21.5 Å². The van der Waals surface area contributed by atoms with Gasteiger partial charge in [0.15, 0.2) is 5.82 Å². The van der Waals surface area contributed by atoms with Gasteiger partial charge in [-0.05, 0) is 25.1 Å². The Kier molecular flexibility index (Phi) is 2.92. The molecular formula is C11H11N5O. The van der Waals surface area contributed by atoms with E-state index in [1.165, 1.54) is 0 Å². The average molecular weight is 229 g/mol. The molecule has 0 amide bonds. The maximum absolute atomic E-state index is 8.95. The minimum Gasteiger partial charge on any atom is -0.399 e. The second kappa shape index (κ2) is 4.53. The molecule has 0 aliphatic carbocycles. The van der Waals surface area contributed by atoms with Crippen LogP contribution >= 0.6 is 0 Å². The van der Waals surface area contributed by atoms with Crippen LogP contribution in [0.2, 0.25) is 0 Å². The fourth-order valence-corrected chi connectivity index (χ4v) is 1.39. The summed E-state index contributed by atoms with van der Waals surface area (Å²) in [5.41, 5.74) is 7.33. The highest BCUT2D eigenvalue weighted by molar-refractivity contribution is 5.62. The number of nitrogens with zero attached hydrogens (tertiary/aromatic N) is 3. The zero-order valence-electron chi connectivity index (χ0n) is 9.27. The van der Waals surface area contributed by atoms with Crippen LogP contribution in [0.1, 0.15) is 17.3 Å². The first kappa shape index (κ1) is 11.0. The predicted molar refractivity (Wildman–Crippen MR) is 61.9 cm³/mol. The van der Waals surface area contributed by atoms with Crippen LogP contribution in [-0.2, 0) is 6.54 Å². The zero-order valence-corrected chi connectivity index (χ0v) is 9.27. The summed E-state index contributed by atoms with van der Waals surface area (Å²) in [5, 5.41) is 15.7. The minimum absolute atomic E-state index is 0.374. The van der Waals surface area contributed by atoms with E-state index in [0.717, 1.165) is 0 Å². The van der Waals surface area contributed by atoms with Crippen LogP contribution < -0.4 is 11.1 Å². The van der Waals surface area contributed by atoms with Gasteiger partial charge in [-0.2, -0.15) is 10.2 Å². The number of aryl methyl sites for hydroxylation is 1. The normalized spacial score (nSPS) is 9.88. The van der Waals surface area contributed by atoms with E-state index in [-0.39, 0.29) is 0 Å². The van der Waals surface area contributed by atoms with Crippen molar-refractivity contribution in [3.63, 3.8) is 0 Å². The van der Waals surface area contributed by atoms with Crippen LogP contribution in [0.4, 0.5) is 11.4 Å². The molecule has 17 heavy (non-hydrogen) atoms. The van der Waals surface area contributed by atoms with Gasteiger partial charge in [0.05, 0.1) is 17.8 Å². The number of nitrogen functional groups attached to an aromatic ring is 1. The van der Waals surface area contributed by atoms with Crippen molar-refractivity contribution >= 4 is 11.4 Å². The third kappa shape index (κ3) is 2.52. The van der Waals surface area contributed by atoms with Gasteiger partial charge in [-0.15, -0.1) is 0 Å². The van der Waals surface area contributed by atoms with Gasteiger partial charge < -0.3 is 15.6 Å². The second-order valence-corrected chi connectivity index (χ2v) is 3.51. The molecule has 0 saturated carbocycles. The first-order valence-corrected chi connectivity index (χ1v) is 5.01. The Hall–Kier alpha value is -2.55. The molecule has 1 heterocycles. The van der Waals surface area contributed by atoms with Crippen LogP contribution in [0.3, 0.4) is 0 Å². The molecule has 0 spiro atoms. The number of nitrogens with two attached hydrogens (primary N) is 1. The van der Waals surface area contributed by atoms with Gasteiger partial charge in [0.25, 0.3) is 0 Å². The van der Waals surface area contributed by atoms with Crippen molar-refractivity contribution in [3.05, 3.63) is 35.5 Å². The minimum atomic E-state index is 0.374. The number of hydrogen-bond acceptors (Lipinski definition) is 6. The zero-order chi connectivity index (χ0) is 12.3. The van der Waals surface area contributed by atoms with Gasteiger partial charge in [-0.1, -0.05) is 5.16 Å². The number of anilines is 2. The topological polar surface area (TPSA) is 101 Å². The lowest BCUT2D eigenvalue weighted by Gasteiger charge is -2.05. The Labute approximate surface area is 98.1 Å². The van der Waals surface area contributed by atoms with Crippen LogP contribution in [-0.4, -0.2) is 10.1 Å². The highest BCUT2D eigenvalue weighted by atomic mass is 16.5. The highest BCUT2D eigenvalue weighted by Crippen LogP contribution is 2.18. The van der Waals surface area contributed by atoms with E-state index in [1.54, 1.807) is 25.1 Å². The highest BCUT2D eigenvalue weighted by Gasteiger charge is 2.05. The second-order valence-electron chi connectivity index (χ2n) is 3.51. The summed E-state index contributed by atoms with van der Waals surface area (Å²) < 4.78 is 4.95. The number of benzene rings is 1. The van der Waals surface area contributed by atoms with E-state index in [9.17, 15) is 0 Å². The molecule has 0 aliphatic rings. The first-order chi connectivity index (χ1) is 8.19. The maximum Gasteiger partial charge on any atom is 0.245 e.